The molecular formula is C14H21FN4. The fourth-order valence-electron chi connectivity index (χ4n) is 3.27. The Morgan fingerprint density at radius 1 is 1.37 bits per heavy atom. The predicted octanol–water partition coefficient (Wildman–Crippen LogP) is 0.871. The van der Waals surface area contributed by atoms with Gasteiger partial charge in [-0.1, -0.05) is 6.92 Å². The summed E-state index contributed by atoms with van der Waals surface area (Å²) < 4.78 is 13.4. The van der Waals surface area contributed by atoms with Crippen LogP contribution in [0.5, 0.6) is 0 Å². The molecule has 3 aliphatic heterocycles. The van der Waals surface area contributed by atoms with E-state index in [1.165, 1.54) is 6.20 Å². The number of likely N-dealkylation sites (N-methyl/N-ethyl adjacent to an activating group) is 1. The van der Waals surface area contributed by atoms with Gasteiger partial charge in [0.05, 0.1) is 12.2 Å². The highest BCUT2D eigenvalue weighted by Crippen LogP contribution is 2.27. The molecule has 104 valence electrons. The predicted molar refractivity (Wildman–Crippen MR) is 72.4 cm³/mol. The van der Waals surface area contributed by atoms with Crippen LogP contribution in [0.25, 0.3) is 0 Å². The molecule has 3 saturated heterocycles. The topological polar surface area (TPSA) is 31.4 Å². The molecule has 19 heavy (non-hydrogen) atoms. The lowest BCUT2D eigenvalue weighted by atomic mass is 9.95. The second kappa shape index (κ2) is 5.53. The van der Waals surface area contributed by atoms with E-state index in [2.05, 4.69) is 27.0 Å². The summed E-state index contributed by atoms with van der Waals surface area (Å²) in [6.45, 7) is 8.61. The first-order valence-corrected chi connectivity index (χ1v) is 7.08. The van der Waals surface area contributed by atoms with Crippen molar-refractivity contribution >= 4 is 0 Å². The summed E-state index contributed by atoms with van der Waals surface area (Å²) in [4.78, 5) is 9.02. The highest BCUT2D eigenvalue weighted by Gasteiger charge is 2.37. The van der Waals surface area contributed by atoms with Crippen molar-refractivity contribution in [2.24, 2.45) is 0 Å². The molecule has 1 aromatic rings. The fraction of sp³-hybridized carbons (Fsp3) is 0.643. The summed E-state index contributed by atoms with van der Waals surface area (Å²) in [5.74, 6) is -0.253. The van der Waals surface area contributed by atoms with Gasteiger partial charge in [0.15, 0.2) is 0 Å². The summed E-state index contributed by atoms with van der Waals surface area (Å²) in [7, 11) is 0. The van der Waals surface area contributed by atoms with Crippen LogP contribution in [0.2, 0.25) is 0 Å². The van der Waals surface area contributed by atoms with Crippen LogP contribution in [-0.4, -0.2) is 60.1 Å². The largest absolute Gasteiger partial charge is 0.309 e. The van der Waals surface area contributed by atoms with Gasteiger partial charge in [-0.15, -0.1) is 0 Å². The normalized spacial score (nSPS) is 31.4. The van der Waals surface area contributed by atoms with Gasteiger partial charge in [-0.05, 0) is 18.2 Å². The monoisotopic (exact) mass is 264 g/mol. The number of hydrogen-bond acceptors (Lipinski definition) is 4. The fourth-order valence-corrected chi connectivity index (χ4v) is 3.27. The van der Waals surface area contributed by atoms with Gasteiger partial charge >= 0.3 is 0 Å². The van der Waals surface area contributed by atoms with E-state index >= 15 is 0 Å². The molecule has 1 aromatic heterocycles. The number of hydrogen-bond donors (Lipinski definition) is 1. The SMILES string of the molecule is CCNC(c1cncc(F)c1)C1CN2CCN1CC2. The maximum Gasteiger partial charge on any atom is 0.141 e. The van der Waals surface area contributed by atoms with E-state index in [0.29, 0.717) is 6.04 Å². The molecule has 3 aliphatic rings. The Kier molecular flexibility index (Phi) is 3.77. The Hall–Kier alpha value is -1.04. The zero-order valence-electron chi connectivity index (χ0n) is 11.3. The van der Waals surface area contributed by atoms with Crippen LogP contribution in [0.4, 0.5) is 4.39 Å². The Morgan fingerprint density at radius 3 is 2.74 bits per heavy atom. The first-order chi connectivity index (χ1) is 9.28. The van der Waals surface area contributed by atoms with E-state index in [-0.39, 0.29) is 11.9 Å². The van der Waals surface area contributed by atoms with E-state index in [4.69, 9.17) is 0 Å². The third kappa shape index (κ3) is 2.63. The molecule has 1 N–H and O–H groups in total. The molecule has 0 aromatic carbocycles. The lowest BCUT2D eigenvalue weighted by molar-refractivity contribution is -0.00351. The molecule has 5 heteroatoms. The van der Waals surface area contributed by atoms with Gasteiger partial charge < -0.3 is 5.32 Å². The zero-order valence-corrected chi connectivity index (χ0v) is 11.3. The zero-order chi connectivity index (χ0) is 13.2. The van der Waals surface area contributed by atoms with Gasteiger partial charge in [-0.25, -0.2) is 4.39 Å². The van der Waals surface area contributed by atoms with Crippen LogP contribution in [0, 0.1) is 5.82 Å². The quantitative estimate of drug-likeness (QED) is 0.874. The molecule has 2 bridgehead atoms. The maximum atomic E-state index is 13.4. The van der Waals surface area contributed by atoms with Crippen LogP contribution >= 0.6 is 0 Å². The number of aromatic nitrogens is 1. The van der Waals surface area contributed by atoms with Gasteiger partial charge in [0.25, 0.3) is 0 Å². The lowest BCUT2D eigenvalue weighted by Crippen LogP contribution is -2.64. The third-order valence-electron chi connectivity index (χ3n) is 4.22. The number of nitrogens with zero attached hydrogens (tertiary/aromatic N) is 3. The minimum absolute atomic E-state index is 0.163. The van der Waals surface area contributed by atoms with Crippen molar-refractivity contribution in [1.29, 1.82) is 0 Å². The molecule has 4 rings (SSSR count). The van der Waals surface area contributed by atoms with Crippen molar-refractivity contribution < 1.29 is 4.39 Å². The summed E-state index contributed by atoms with van der Waals surface area (Å²) >= 11 is 0. The van der Waals surface area contributed by atoms with Crippen molar-refractivity contribution in [3.63, 3.8) is 0 Å². The smallest absolute Gasteiger partial charge is 0.141 e. The second-order valence-corrected chi connectivity index (χ2v) is 5.38. The number of piperazine rings is 3. The first kappa shape index (κ1) is 13.0. The Morgan fingerprint density at radius 2 is 2.16 bits per heavy atom. The lowest BCUT2D eigenvalue weighted by Gasteiger charge is -2.50. The summed E-state index contributed by atoms with van der Waals surface area (Å²) in [5, 5.41) is 3.51. The van der Waals surface area contributed by atoms with Gasteiger partial charge in [-0.2, -0.15) is 0 Å². The standard InChI is InChI=1S/C14H21FN4/c1-2-17-14(11-7-12(15)9-16-8-11)13-10-18-3-5-19(13)6-4-18/h7-9,13-14,17H,2-6,10H2,1H3. The van der Waals surface area contributed by atoms with Gasteiger partial charge in [0.1, 0.15) is 5.82 Å². The molecule has 2 atom stereocenters. The molecule has 4 heterocycles. The highest BCUT2D eigenvalue weighted by atomic mass is 19.1. The first-order valence-electron chi connectivity index (χ1n) is 7.08. The molecule has 0 amide bonds. The van der Waals surface area contributed by atoms with Crippen LogP contribution in [0.15, 0.2) is 18.5 Å². The Bertz CT molecular complexity index is 431. The summed E-state index contributed by atoms with van der Waals surface area (Å²) in [6, 6.07) is 2.20. The van der Waals surface area contributed by atoms with Crippen LogP contribution < -0.4 is 5.32 Å². The highest BCUT2D eigenvalue weighted by molar-refractivity contribution is 5.18. The van der Waals surface area contributed by atoms with Crippen molar-refractivity contribution in [3.05, 3.63) is 29.8 Å². The van der Waals surface area contributed by atoms with Gasteiger partial charge in [0.2, 0.25) is 0 Å². The molecule has 0 saturated carbocycles. The number of rotatable bonds is 4. The molecule has 0 aliphatic carbocycles. The molecule has 0 radical (unpaired) electrons. The Labute approximate surface area is 113 Å². The van der Waals surface area contributed by atoms with E-state index in [9.17, 15) is 4.39 Å². The van der Waals surface area contributed by atoms with Crippen molar-refractivity contribution in [2.45, 2.75) is 19.0 Å². The molecule has 3 fully saturated rings. The molecular weight excluding hydrogens is 243 g/mol. The summed E-state index contributed by atoms with van der Waals surface area (Å²) in [6.07, 6.45) is 3.05. The van der Waals surface area contributed by atoms with Crippen LogP contribution in [0.3, 0.4) is 0 Å². The number of pyridine rings is 1. The minimum Gasteiger partial charge on any atom is -0.309 e. The van der Waals surface area contributed by atoms with Gasteiger partial charge in [0, 0.05) is 45.0 Å². The van der Waals surface area contributed by atoms with Gasteiger partial charge in [-0.3, -0.25) is 14.8 Å². The molecule has 4 nitrogen and oxygen atoms in total. The molecule has 0 spiro atoms. The van der Waals surface area contributed by atoms with E-state index in [1.54, 1.807) is 12.3 Å². The maximum absolute atomic E-state index is 13.4. The van der Waals surface area contributed by atoms with E-state index in [0.717, 1.165) is 44.8 Å². The van der Waals surface area contributed by atoms with Crippen LogP contribution in [-0.2, 0) is 0 Å². The average Bonchev–Trinajstić information content (AvgIpc) is 2.46. The van der Waals surface area contributed by atoms with E-state index in [1.807, 2.05) is 0 Å². The number of nitrogens with one attached hydrogen (secondary N) is 1. The Balaban J connectivity index is 1.84. The third-order valence-corrected chi connectivity index (χ3v) is 4.22. The number of halogens is 1. The van der Waals surface area contributed by atoms with Crippen LogP contribution in [0.1, 0.15) is 18.5 Å². The minimum atomic E-state index is -0.253. The second-order valence-electron chi connectivity index (χ2n) is 5.38. The average molecular weight is 264 g/mol. The van der Waals surface area contributed by atoms with Crippen molar-refractivity contribution in [3.8, 4) is 0 Å². The van der Waals surface area contributed by atoms with E-state index < -0.39 is 0 Å². The van der Waals surface area contributed by atoms with Crippen molar-refractivity contribution in [2.75, 3.05) is 39.3 Å². The summed E-state index contributed by atoms with van der Waals surface area (Å²) in [5.41, 5.74) is 0.959. The number of fused-ring (bicyclic) bond motifs is 3. The van der Waals surface area contributed by atoms with Crippen molar-refractivity contribution in [1.82, 2.24) is 20.1 Å². The molecule has 2 unspecified atom stereocenters.